The molecule has 1 aliphatic carbocycles. The van der Waals surface area contributed by atoms with Crippen molar-refractivity contribution in [3.63, 3.8) is 0 Å². The monoisotopic (exact) mass is 341 g/mol. The van der Waals surface area contributed by atoms with Gasteiger partial charge >= 0.3 is 0 Å². The van der Waals surface area contributed by atoms with Crippen LogP contribution in [0.15, 0.2) is 59.5 Å². The highest BCUT2D eigenvalue weighted by molar-refractivity contribution is 7.92. The van der Waals surface area contributed by atoms with E-state index in [1.165, 1.54) is 7.11 Å². The Morgan fingerprint density at radius 1 is 1.12 bits per heavy atom. The minimum absolute atomic E-state index is 0.0960. The fraction of sp³-hybridized carbons (Fsp3) is 0.316. The largest absolute Gasteiger partial charge is 0.383 e. The molecular formula is C19H19NO3S. The lowest BCUT2D eigenvalue weighted by Crippen LogP contribution is -2.19. The van der Waals surface area contributed by atoms with Crippen LogP contribution in [0.25, 0.3) is 0 Å². The minimum Gasteiger partial charge on any atom is -0.383 e. The fourth-order valence-corrected chi connectivity index (χ4v) is 5.77. The number of hydrogen-bond acceptors (Lipinski definition) is 4. The zero-order valence-electron chi connectivity index (χ0n) is 13.6. The molecule has 2 aromatic rings. The summed E-state index contributed by atoms with van der Waals surface area (Å²) in [6, 6.07) is 18.2. The molecule has 0 N–H and O–H groups in total. The van der Waals surface area contributed by atoms with Crippen molar-refractivity contribution in [2.75, 3.05) is 13.7 Å². The standard InChI is InChI=1S/C19H19NO3S/c1-14-8-10-15(11-9-14)17-18(19(17,12-20)13-23-2)24(21,22)16-6-4-3-5-7-16/h3-11,17-18H,13H2,1-2H3/t17-,18+,19-/m1/s1. The first-order chi connectivity index (χ1) is 11.5. The minimum atomic E-state index is -3.62. The summed E-state index contributed by atoms with van der Waals surface area (Å²) in [4.78, 5) is 0.250. The third kappa shape index (κ3) is 2.52. The summed E-state index contributed by atoms with van der Waals surface area (Å²) in [6.07, 6.45) is 0. The Bertz CT molecular complexity index is 869. The fourth-order valence-electron chi connectivity index (χ4n) is 3.44. The van der Waals surface area contributed by atoms with Crippen LogP contribution in [0.2, 0.25) is 0 Å². The predicted molar refractivity (Wildman–Crippen MR) is 91.3 cm³/mol. The maximum atomic E-state index is 13.1. The van der Waals surface area contributed by atoms with Crippen LogP contribution in [0.3, 0.4) is 0 Å². The van der Waals surface area contributed by atoms with Gasteiger partial charge in [-0.2, -0.15) is 5.26 Å². The summed E-state index contributed by atoms with van der Waals surface area (Å²) < 4.78 is 31.4. The molecule has 3 atom stereocenters. The zero-order valence-corrected chi connectivity index (χ0v) is 14.5. The van der Waals surface area contributed by atoms with E-state index in [9.17, 15) is 13.7 Å². The molecule has 1 saturated carbocycles. The van der Waals surface area contributed by atoms with Gasteiger partial charge in [-0.15, -0.1) is 0 Å². The zero-order chi connectivity index (χ0) is 17.4. The highest BCUT2D eigenvalue weighted by atomic mass is 32.2. The van der Waals surface area contributed by atoms with Crippen LogP contribution in [0.4, 0.5) is 0 Å². The number of benzene rings is 2. The topological polar surface area (TPSA) is 67.2 Å². The van der Waals surface area contributed by atoms with Crippen molar-refractivity contribution in [2.45, 2.75) is 23.0 Å². The molecule has 2 aromatic carbocycles. The molecule has 124 valence electrons. The third-order valence-electron chi connectivity index (χ3n) is 4.69. The van der Waals surface area contributed by atoms with Crippen molar-refractivity contribution < 1.29 is 13.2 Å². The van der Waals surface area contributed by atoms with Gasteiger partial charge in [0.25, 0.3) is 0 Å². The Morgan fingerprint density at radius 3 is 2.29 bits per heavy atom. The number of ether oxygens (including phenoxy) is 1. The smallest absolute Gasteiger partial charge is 0.183 e. The quantitative estimate of drug-likeness (QED) is 0.838. The number of methoxy groups -OCH3 is 1. The van der Waals surface area contributed by atoms with Gasteiger partial charge < -0.3 is 4.74 Å². The van der Waals surface area contributed by atoms with Crippen LogP contribution in [-0.2, 0) is 14.6 Å². The van der Waals surface area contributed by atoms with Gasteiger partial charge in [0.05, 0.1) is 22.8 Å². The van der Waals surface area contributed by atoms with E-state index in [-0.39, 0.29) is 17.4 Å². The van der Waals surface area contributed by atoms with Crippen molar-refractivity contribution in [3.05, 3.63) is 65.7 Å². The van der Waals surface area contributed by atoms with Crippen LogP contribution in [0.1, 0.15) is 17.0 Å². The summed E-state index contributed by atoms with van der Waals surface area (Å²) in [6.45, 7) is 2.07. The Kier molecular flexibility index (Phi) is 4.20. The van der Waals surface area contributed by atoms with E-state index in [2.05, 4.69) is 6.07 Å². The molecular weight excluding hydrogens is 322 g/mol. The van der Waals surface area contributed by atoms with Gasteiger partial charge in [0.15, 0.2) is 9.84 Å². The Balaban J connectivity index is 2.08. The van der Waals surface area contributed by atoms with Crippen molar-refractivity contribution in [2.24, 2.45) is 5.41 Å². The van der Waals surface area contributed by atoms with Crippen LogP contribution < -0.4 is 0 Å². The van der Waals surface area contributed by atoms with E-state index in [1.807, 2.05) is 31.2 Å². The maximum absolute atomic E-state index is 13.1. The molecule has 24 heavy (non-hydrogen) atoms. The van der Waals surface area contributed by atoms with E-state index in [1.54, 1.807) is 30.3 Å². The van der Waals surface area contributed by atoms with Crippen LogP contribution >= 0.6 is 0 Å². The van der Waals surface area contributed by atoms with E-state index >= 15 is 0 Å². The van der Waals surface area contributed by atoms with Crippen LogP contribution in [-0.4, -0.2) is 27.4 Å². The van der Waals surface area contributed by atoms with E-state index in [4.69, 9.17) is 4.74 Å². The molecule has 0 aliphatic heterocycles. The first-order valence-corrected chi connectivity index (χ1v) is 9.27. The lowest BCUT2D eigenvalue weighted by Gasteiger charge is -2.08. The molecule has 5 heteroatoms. The summed E-state index contributed by atoms with van der Waals surface area (Å²) in [5.41, 5.74) is 0.915. The normalized spacial score (nSPS) is 25.9. The molecule has 0 aromatic heterocycles. The second-order valence-electron chi connectivity index (χ2n) is 6.25. The Labute approximate surface area is 142 Å². The van der Waals surface area contributed by atoms with E-state index in [0.717, 1.165) is 11.1 Å². The lowest BCUT2D eigenvalue weighted by molar-refractivity contribution is 0.162. The second kappa shape index (κ2) is 6.04. The molecule has 0 bridgehead atoms. The van der Waals surface area contributed by atoms with Gasteiger partial charge in [-0.1, -0.05) is 48.0 Å². The number of nitriles is 1. The first kappa shape index (κ1) is 16.7. The van der Waals surface area contributed by atoms with Gasteiger partial charge in [-0.05, 0) is 24.6 Å². The van der Waals surface area contributed by atoms with E-state index < -0.39 is 20.5 Å². The average Bonchev–Trinajstić information content (AvgIpc) is 3.26. The molecule has 4 nitrogen and oxygen atoms in total. The maximum Gasteiger partial charge on any atom is 0.183 e. The molecule has 0 unspecified atom stereocenters. The molecule has 1 aliphatic rings. The van der Waals surface area contributed by atoms with Gasteiger partial charge in [0, 0.05) is 13.0 Å². The lowest BCUT2D eigenvalue weighted by atomic mass is 10.0. The van der Waals surface area contributed by atoms with Crippen molar-refractivity contribution in [1.29, 1.82) is 5.26 Å². The van der Waals surface area contributed by atoms with Gasteiger partial charge in [-0.25, -0.2) is 8.42 Å². The van der Waals surface area contributed by atoms with Crippen molar-refractivity contribution >= 4 is 9.84 Å². The summed E-state index contributed by atoms with van der Waals surface area (Å²) >= 11 is 0. The van der Waals surface area contributed by atoms with Crippen molar-refractivity contribution in [1.82, 2.24) is 0 Å². The summed E-state index contributed by atoms with van der Waals surface area (Å²) in [5.74, 6) is -0.381. The number of sulfone groups is 1. The number of rotatable bonds is 5. The third-order valence-corrected chi connectivity index (χ3v) is 6.98. The number of aryl methyl sites for hydroxylation is 1. The van der Waals surface area contributed by atoms with Gasteiger partial charge in [0.1, 0.15) is 5.41 Å². The number of hydrogen-bond donors (Lipinski definition) is 0. The van der Waals surface area contributed by atoms with E-state index in [0.29, 0.717) is 0 Å². The first-order valence-electron chi connectivity index (χ1n) is 7.73. The predicted octanol–water partition coefficient (Wildman–Crippen LogP) is 3.09. The molecule has 0 radical (unpaired) electrons. The summed E-state index contributed by atoms with van der Waals surface area (Å²) in [7, 11) is -2.12. The molecule has 0 saturated heterocycles. The molecule has 3 rings (SSSR count). The van der Waals surface area contributed by atoms with Crippen LogP contribution in [0, 0.1) is 23.7 Å². The second-order valence-corrected chi connectivity index (χ2v) is 8.32. The average molecular weight is 341 g/mol. The van der Waals surface area contributed by atoms with Crippen LogP contribution in [0.5, 0.6) is 0 Å². The summed E-state index contributed by atoms with van der Waals surface area (Å²) in [5, 5.41) is 8.97. The highest BCUT2D eigenvalue weighted by Crippen LogP contribution is 2.63. The highest BCUT2D eigenvalue weighted by Gasteiger charge is 2.72. The molecule has 0 spiro atoms. The molecule has 1 fully saturated rings. The van der Waals surface area contributed by atoms with Gasteiger partial charge in [-0.3, -0.25) is 0 Å². The molecule has 0 heterocycles. The molecule has 0 amide bonds. The van der Waals surface area contributed by atoms with Gasteiger partial charge in [0.2, 0.25) is 0 Å². The number of nitrogens with zero attached hydrogens (tertiary/aromatic N) is 1. The SMILES string of the molecule is COC[C@]1(C#N)[C@H](c2ccc(C)cc2)[C@@H]1S(=O)(=O)c1ccccc1. The Hall–Kier alpha value is -2.16. The van der Waals surface area contributed by atoms with Crippen molar-refractivity contribution in [3.8, 4) is 6.07 Å². The Morgan fingerprint density at radius 2 is 1.75 bits per heavy atom.